The molecule has 0 saturated carbocycles. The zero-order valence-electron chi connectivity index (χ0n) is 12.1. The average molecular weight is 280 g/mol. The van der Waals surface area contributed by atoms with Crippen molar-refractivity contribution in [1.29, 1.82) is 0 Å². The number of carbonyl (C=O) groups is 1. The average Bonchev–Trinajstić information content (AvgIpc) is 2.57. The third-order valence-corrected chi connectivity index (χ3v) is 4.22. The van der Waals surface area contributed by atoms with E-state index >= 15 is 0 Å². The van der Waals surface area contributed by atoms with Crippen LogP contribution in [0.4, 0.5) is 9.18 Å². The van der Waals surface area contributed by atoms with Crippen LogP contribution in [0.15, 0.2) is 24.3 Å². The Kier molecular flexibility index (Phi) is 3.73. The standard InChI is InChI=1S/C15H21FN2O2/c1-14(2)9-18(10-15(14,3)20)13(19)17-8-11-6-4-5-7-12(11)16/h4-7,20H,8-10H2,1-3H3,(H,17,19)/t15-/m0/s1. The second-order valence-electron chi connectivity index (χ2n) is 6.26. The van der Waals surface area contributed by atoms with E-state index in [9.17, 15) is 14.3 Å². The molecule has 0 aromatic heterocycles. The van der Waals surface area contributed by atoms with Gasteiger partial charge in [-0.2, -0.15) is 0 Å². The van der Waals surface area contributed by atoms with Gasteiger partial charge in [-0.05, 0) is 13.0 Å². The molecule has 2 amide bonds. The van der Waals surface area contributed by atoms with Crippen molar-refractivity contribution in [3.05, 3.63) is 35.6 Å². The molecule has 1 saturated heterocycles. The van der Waals surface area contributed by atoms with E-state index in [4.69, 9.17) is 0 Å². The molecule has 2 rings (SSSR count). The summed E-state index contributed by atoms with van der Waals surface area (Å²) in [4.78, 5) is 13.7. The van der Waals surface area contributed by atoms with Crippen molar-refractivity contribution in [3.8, 4) is 0 Å². The number of hydrogen-bond donors (Lipinski definition) is 2. The maximum atomic E-state index is 13.5. The predicted octanol–water partition coefficient (Wildman–Crippen LogP) is 2.13. The summed E-state index contributed by atoms with van der Waals surface area (Å²) in [5.41, 5.74) is -0.823. The fourth-order valence-electron chi connectivity index (χ4n) is 2.36. The topological polar surface area (TPSA) is 52.6 Å². The number of urea groups is 1. The number of hydrogen-bond acceptors (Lipinski definition) is 2. The zero-order valence-corrected chi connectivity index (χ0v) is 12.1. The van der Waals surface area contributed by atoms with E-state index in [1.54, 1.807) is 30.0 Å². The number of aliphatic hydroxyl groups is 1. The molecular weight excluding hydrogens is 259 g/mol. The molecule has 0 radical (unpaired) electrons. The van der Waals surface area contributed by atoms with Gasteiger partial charge in [-0.1, -0.05) is 32.0 Å². The number of halogens is 1. The van der Waals surface area contributed by atoms with Gasteiger partial charge in [0.05, 0.1) is 12.1 Å². The van der Waals surface area contributed by atoms with Crippen molar-refractivity contribution >= 4 is 6.03 Å². The van der Waals surface area contributed by atoms with E-state index in [2.05, 4.69) is 5.32 Å². The van der Waals surface area contributed by atoms with Gasteiger partial charge in [-0.3, -0.25) is 0 Å². The Hall–Kier alpha value is -1.62. The highest BCUT2D eigenvalue weighted by Crippen LogP contribution is 2.38. The molecule has 1 fully saturated rings. The number of benzene rings is 1. The molecule has 0 bridgehead atoms. The molecular formula is C15H21FN2O2. The SMILES string of the molecule is CC1(C)CN(C(=O)NCc2ccccc2F)C[C@]1(C)O. The van der Waals surface area contributed by atoms with Gasteiger partial charge < -0.3 is 15.3 Å². The number of carbonyl (C=O) groups excluding carboxylic acids is 1. The molecule has 1 aromatic carbocycles. The molecule has 110 valence electrons. The number of nitrogens with zero attached hydrogens (tertiary/aromatic N) is 1. The molecule has 1 heterocycles. The van der Waals surface area contributed by atoms with Crippen LogP contribution in [0.2, 0.25) is 0 Å². The van der Waals surface area contributed by atoms with Crippen molar-refractivity contribution < 1.29 is 14.3 Å². The number of β-amino-alcohol motifs (C(OH)–C–C–N with tert-alkyl or cyclic N) is 1. The number of amides is 2. The van der Waals surface area contributed by atoms with Gasteiger partial charge in [0.2, 0.25) is 0 Å². The summed E-state index contributed by atoms with van der Waals surface area (Å²) in [6.45, 7) is 6.49. The Morgan fingerprint density at radius 1 is 1.35 bits per heavy atom. The maximum absolute atomic E-state index is 13.5. The van der Waals surface area contributed by atoms with Gasteiger partial charge in [0, 0.05) is 24.1 Å². The van der Waals surface area contributed by atoms with E-state index in [1.165, 1.54) is 6.07 Å². The quantitative estimate of drug-likeness (QED) is 0.872. The summed E-state index contributed by atoms with van der Waals surface area (Å²) >= 11 is 0. The maximum Gasteiger partial charge on any atom is 0.317 e. The van der Waals surface area contributed by atoms with E-state index < -0.39 is 5.60 Å². The van der Waals surface area contributed by atoms with Crippen molar-refractivity contribution in [1.82, 2.24) is 10.2 Å². The summed E-state index contributed by atoms with van der Waals surface area (Å²) in [6.07, 6.45) is 0. The van der Waals surface area contributed by atoms with Crippen LogP contribution in [-0.4, -0.2) is 34.7 Å². The lowest BCUT2D eigenvalue weighted by Crippen LogP contribution is -2.41. The first-order valence-corrected chi connectivity index (χ1v) is 6.71. The van der Waals surface area contributed by atoms with Crippen molar-refractivity contribution in [3.63, 3.8) is 0 Å². The monoisotopic (exact) mass is 280 g/mol. The Morgan fingerprint density at radius 2 is 2.00 bits per heavy atom. The largest absolute Gasteiger partial charge is 0.388 e. The zero-order chi connectivity index (χ0) is 15.0. The second kappa shape index (κ2) is 5.05. The van der Waals surface area contributed by atoms with E-state index in [0.29, 0.717) is 12.1 Å². The Balaban J connectivity index is 1.96. The third-order valence-electron chi connectivity index (χ3n) is 4.22. The minimum atomic E-state index is -0.914. The van der Waals surface area contributed by atoms with Crippen LogP contribution >= 0.6 is 0 Å². The highest BCUT2D eigenvalue weighted by Gasteiger charge is 2.49. The van der Waals surface area contributed by atoms with Crippen LogP contribution in [0.25, 0.3) is 0 Å². The number of rotatable bonds is 2. The summed E-state index contributed by atoms with van der Waals surface area (Å²) in [5.74, 6) is -0.332. The van der Waals surface area contributed by atoms with Crippen LogP contribution in [0.5, 0.6) is 0 Å². The number of likely N-dealkylation sites (tertiary alicyclic amines) is 1. The number of nitrogens with one attached hydrogen (secondary N) is 1. The van der Waals surface area contributed by atoms with Gasteiger partial charge in [0.1, 0.15) is 5.82 Å². The minimum Gasteiger partial charge on any atom is -0.388 e. The lowest BCUT2D eigenvalue weighted by Gasteiger charge is -2.30. The molecule has 0 spiro atoms. The van der Waals surface area contributed by atoms with Gasteiger partial charge in [-0.15, -0.1) is 0 Å². The first-order valence-electron chi connectivity index (χ1n) is 6.71. The van der Waals surface area contributed by atoms with Crippen molar-refractivity contribution in [2.75, 3.05) is 13.1 Å². The summed E-state index contributed by atoms with van der Waals surface area (Å²) in [5, 5.41) is 13.0. The fourth-order valence-corrected chi connectivity index (χ4v) is 2.36. The normalized spacial score (nSPS) is 24.8. The van der Waals surface area contributed by atoms with Crippen LogP contribution in [-0.2, 0) is 6.54 Å². The van der Waals surface area contributed by atoms with Crippen LogP contribution in [0.3, 0.4) is 0 Å². The van der Waals surface area contributed by atoms with Crippen molar-refractivity contribution in [2.45, 2.75) is 32.9 Å². The molecule has 1 aromatic rings. The second-order valence-corrected chi connectivity index (χ2v) is 6.26. The summed E-state index contributed by atoms with van der Waals surface area (Å²) in [6, 6.07) is 6.07. The molecule has 1 atom stereocenters. The van der Waals surface area contributed by atoms with Crippen LogP contribution < -0.4 is 5.32 Å². The lowest BCUT2D eigenvalue weighted by atomic mass is 9.79. The van der Waals surface area contributed by atoms with E-state index in [0.717, 1.165) is 0 Å². The fraction of sp³-hybridized carbons (Fsp3) is 0.533. The molecule has 0 unspecified atom stereocenters. The van der Waals surface area contributed by atoms with E-state index in [1.807, 2.05) is 13.8 Å². The van der Waals surface area contributed by atoms with Crippen molar-refractivity contribution in [2.24, 2.45) is 5.41 Å². The van der Waals surface area contributed by atoms with Crippen LogP contribution in [0.1, 0.15) is 26.3 Å². The molecule has 0 aliphatic carbocycles. The highest BCUT2D eigenvalue weighted by atomic mass is 19.1. The Bertz CT molecular complexity index is 498. The molecule has 4 nitrogen and oxygen atoms in total. The third kappa shape index (κ3) is 2.77. The molecule has 20 heavy (non-hydrogen) atoms. The van der Waals surface area contributed by atoms with Gasteiger partial charge in [-0.25, -0.2) is 9.18 Å². The lowest BCUT2D eigenvalue weighted by molar-refractivity contribution is -0.0104. The van der Waals surface area contributed by atoms with Crippen LogP contribution in [0, 0.1) is 11.2 Å². The van der Waals surface area contributed by atoms with Gasteiger partial charge in [0.25, 0.3) is 0 Å². The van der Waals surface area contributed by atoms with Gasteiger partial charge >= 0.3 is 6.03 Å². The highest BCUT2D eigenvalue weighted by molar-refractivity contribution is 5.74. The molecule has 1 aliphatic rings. The first kappa shape index (κ1) is 14.8. The molecule has 1 aliphatic heterocycles. The Morgan fingerprint density at radius 3 is 2.55 bits per heavy atom. The summed E-state index contributed by atoms with van der Waals surface area (Å²) in [7, 11) is 0. The molecule has 5 heteroatoms. The van der Waals surface area contributed by atoms with Gasteiger partial charge in [0.15, 0.2) is 0 Å². The minimum absolute atomic E-state index is 0.143. The predicted molar refractivity (Wildman–Crippen MR) is 74.6 cm³/mol. The van der Waals surface area contributed by atoms with E-state index in [-0.39, 0.29) is 30.4 Å². The molecule has 2 N–H and O–H groups in total. The first-order chi connectivity index (χ1) is 9.23. The smallest absolute Gasteiger partial charge is 0.317 e. The summed E-state index contributed by atoms with van der Waals surface area (Å²) < 4.78 is 13.5. The Labute approximate surface area is 118 Å².